The van der Waals surface area contributed by atoms with Gasteiger partial charge in [0.1, 0.15) is 6.17 Å². The lowest BCUT2D eigenvalue weighted by Gasteiger charge is -2.21. The minimum Gasteiger partial charge on any atom is -0.301 e. The number of carbonyl (C=O) groups excluding carboxylic acids is 1. The first-order valence-electron chi connectivity index (χ1n) is 6.22. The van der Waals surface area contributed by atoms with Gasteiger partial charge >= 0.3 is 0 Å². The van der Waals surface area contributed by atoms with Crippen molar-refractivity contribution in [1.29, 1.82) is 0 Å². The Morgan fingerprint density at radius 1 is 1.39 bits per heavy atom. The number of hydrogen-bond acceptors (Lipinski definition) is 2. The van der Waals surface area contributed by atoms with E-state index in [4.69, 9.17) is 11.6 Å². The predicted octanol–water partition coefficient (Wildman–Crippen LogP) is 3.45. The molecular formula is C14H17ClFNO. The largest absolute Gasteiger partial charge is 0.301 e. The van der Waals surface area contributed by atoms with Crippen LogP contribution in [0.15, 0.2) is 24.3 Å². The zero-order valence-corrected chi connectivity index (χ0v) is 11.1. The molecule has 0 saturated heterocycles. The van der Waals surface area contributed by atoms with Gasteiger partial charge in [0.2, 0.25) is 0 Å². The maximum Gasteiger partial charge on any atom is 0.151 e. The second-order valence-corrected chi connectivity index (χ2v) is 5.31. The van der Waals surface area contributed by atoms with E-state index in [2.05, 4.69) is 5.32 Å². The van der Waals surface area contributed by atoms with Gasteiger partial charge < -0.3 is 5.32 Å². The van der Waals surface area contributed by atoms with Crippen molar-refractivity contribution < 1.29 is 9.18 Å². The molecule has 4 heteroatoms. The van der Waals surface area contributed by atoms with E-state index in [1.165, 1.54) is 0 Å². The van der Waals surface area contributed by atoms with Crippen molar-refractivity contribution in [3.8, 4) is 0 Å². The Morgan fingerprint density at radius 2 is 2.06 bits per heavy atom. The van der Waals surface area contributed by atoms with Crippen molar-refractivity contribution in [1.82, 2.24) is 5.32 Å². The lowest BCUT2D eigenvalue weighted by atomic mass is 10.0. The van der Waals surface area contributed by atoms with Crippen LogP contribution in [-0.2, 0) is 4.79 Å². The first kappa shape index (κ1) is 13.5. The van der Waals surface area contributed by atoms with Gasteiger partial charge in [-0.25, -0.2) is 4.39 Å². The number of hydrogen-bond donors (Lipinski definition) is 1. The third-order valence-corrected chi connectivity index (χ3v) is 3.63. The summed E-state index contributed by atoms with van der Waals surface area (Å²) in [7, 11) is 0. The average Bonchev–Trinajstić information content (AvgIpc) is 2.73. The number of rotatable bonds is 4. The lowest BCUT2D eigenvalue weighted by molar-refractivity contribution is -0.119. The van der Waals surface area contributed by atoms with Crippen LogP contribution in [0.5, 0.6) is 0 Å². The van der Waals surface area contributed by atoms with Crippen molar-refractivity contribution in [2.24, 2.45) is 0 Å². The molecule has 1 aliphatic rings. The molecule has 1 aliphatic carbocycles. The molecular weight excluding hydrogens is 253 g/mol. The highest BCUT2D eigenvalue weighted by atomic mass is 35.5. The molecule has 1 aromatic carbocycles. The molecule has 0 aliphatic heterocycles. The highest BCUT2D eigenvalue weighted by molar-refractivity contribution is 6.30. The Bertz CT molecular complexity index is 420. The first-order chi connectivity index (χ1) is 8.56. The van der Waals surface area contributed by atoms with Crippen LogP contribution in [0.4, 0.5) is 4.39 Å². The van der Waals surface area contributed by atoms with Crippen molar-refractivity contribution >= 4 is 17.4 Å². The highest BCUT2D eigenvalue weighted by Gasteiger charge is 2.28. The van der Waals surface area contributed by atoms with Crippen LogP contribution in [0.2, 0.25) is 5.02 Å². The zero-order chi connectivity index (χ0) is 13.1. The van der Waals surface area contributed by atoms with Crippen LogP contribution >= 0.6 is 11.6 Å². The van der Waals surface area contributed by atoms with Gasteiger partial charge in [-0.2, -0.15) is 0 Å². The summed E-state index contributed by atoms with van der Waals surface area (Å²) in [6, 6.07) is 6.93. The second-order valence-electron chi connectivity index (χ2n) is 4.87. The first-order valence-corrected chi connectivity index (χ1v) is 6.60. The molecule has 1 N–H and O–H groups in total. The van der Waals surface area contributed by atoms with Crippen molar-refractivity contribution in [2.75, 3.05) is 0 Å². The number of alkyl halides is 1. The van der Waals surface area contributed by atoms with Gasteiger partial charge in [0.25, 0.3) is 0 Å². The topological polar surface area (TPSA) is 29.1 Å². The van der Waals surface area contributed by atoms with Crippen LogP contribution in [0.25, 0.3) is 0 Å². The molecule has 1 saturated carbocycles. The fourth-order valence-electron chi connectivity index (χ4n) is 2.42. The number of ketones is 1. The van der Waals surface area contributed by atoms with Crippen LogP contribution in [0.1, 0.15) is 37.8 Å². The molecule has 98 valence electrons. The minimum absolute atomic E-state index is 0.0413. The van der Waals surface area contributed by atoms with Gasteiger partial charge in [-0.15, -0.1) is 0 Å². The van der Waals surface area contributed by atoms with E-state index in [9.17, 15) is 9.18 Å². The molecule has 0 heterocycles. The lowest BCUT2D eigenvalue weighted by Crippen LogP contribution is -2.34. The van der Waals surface area contributed by atoms with E-state index in [-0.39, 0.29) is 17.9 Å². The molecule has 2 rings (SSSR count). The average molecular weight is 270 g/mol. The molecule has 18 heavy (non-hydrogen) atoms. The SMILES string of the molecule is CC(=O)C(NC1CC[C@H](F)C1)c1ccc(Cl)cc1. The number of nitrogens with one attached hydrogen (secondary N) is 1. The number of Topliss-reactive ketones (excluding diaryl/α,β-unsaturated/α-hetero) is 1. The highest BCUT2D eigenvalue weighted by Crippen LogP contribution is 2.25. The summed E-state index contributed by atoms with van der Waals surface area (Å²) >= 11 is 5.83. The third-order valence-electron chi connectivity index (χ3n) is 3.38. The summed E-state index contributed by atoms with van der Waals surface area (Å²) in [5, 5.41) is 3.89. The Hall–Kier alpha value is -0.930. The standard InChI is InChI=1S/C14H17ClFNO/c1-9(18)14(10-2-4-11(15)5-3-10)17-13-7-6-12(16)8-13/h2-5,12-14,17H,6-8H2,1H3/t12-,13?,14?/m0/s1. The van der Waals surface area contributed by atoms with Crippen molar-refractivity contribution in [3.63, 3.8) is 0 Å². The molecule has 0 amide bonds. The smallest absolute Gasteiger partial charge is 0.151 e. The van der Waals surface area contributed by atoms with Crippen LogP contribution in [0.3, 0.4) is 0 Å². The number of benzene rings is 1. The van der Waals surface area contributed by atoms with Gasteiger partial charge in [-0.1, -0.05) is 23.7 Å². The van der Waals surface area contributed by atoms with E-state index < -0.39 is 6.17 Å². The maximum atomic E-state index is 13.1. The molecule has 0 radical (unpaired) electrons. The minimum atomic E-state index is -0.736. The van der Waals surface area contributed by atoms with E-state index >= 15 is 0 Å². The molecule has 0 spiro atoms. The van der Waals surface area contributed by atoms with E-state index in [1.807, 2.05) is 12.1 Å². The summed E-state index contributed by atoms with van der Waals surface area (Å²) in [4.78, 5) is 11.7. The molecule has 2 nitrogen and oxygen atoms in total. The van der Waals surface area contributed by atoms with Crippen molar-refractivity contribution in [2.45, 2.75) is 44.4 Å². The summed E-state index contributed by atoms with van der Waals surface area (Å²) in [6.45, 7) is 1.55. The van der Waals surface area contributed by atoms with Gasteiger partial charge in [0, 0.05) is 11.1 Å². The van der Waals surface area contributed by atoms with Gasteiger partial charge in [-0.05, 0) is 43.9 Å². The van der Waals surface area contributed by atoms with E-state index in [1.54, 1.807) is 19.1 Å². The Balaban J connectivity index is 2.08. The monoisotopic (exact) mass is 269 g/mol. The predicted molar refractivity (Wildman–Crippen MR) is 70.5 cm³/mol. The normalized spacial score (nSPS) is 25.1. The fraction of sp³-hybridized carbons (Fsp3) is 0.500. The quantitative estimate of drug-likeness (QED) is 0.907. The fourth-order valence-corrected chi connectivity index (χ4v) is 2.54. The Morgan fingerprint density at radius 3 is 2.56 bits per heavy atom. The van der Waals surface area contributed by atoms with Crippen LogP contribution in [-0.4, -0.2) is 18.0 Å². The zero-order valence-electron chi connectivity index (χ0n) is 10.3. The molecule has 1 aromatic rings. The van der Waals surface area contributed by atoms with Gasteiger partial charge in [0.15, 0.2) is 5.78 Å². The summed E-state index contributed by atoms with van der Waals surface area (Å²) in [5.74, 6) is 0.0413. The molecule has 3 atom stereocenters. The number of carbonyl (C=O) groups is 1. The second kappa shape index (κ2) is 5.81. The molecule has 0 bridgehead atoms. The van der Waals surface area contributed by atoms with Gasteiger partial charge in [-0.3, -0.25) is 4.79 Å². The third kappa shape index (κ3) is 3.30. The van der Waals surface area contributed by atoms with Gasteiger partial charge in [0.05, 0.1) is 6.04 Å². The Kier molecular flexibility index (Phi) is 4.36. The molecule has 1 fully saturated rings. The van der Waals surface area contributed by atoms with Crippen LogP contribution in [0, 0.1) is 0 Å². The maximum absolute atomic E-state index is 13.1. The Labute approximate surface area is 112 Å². The molecule has 2 unspecified atom stereocenters. The van der Waals surface area contributed by atoms with E-state index in [0.29, 0.717) is 17.9 Å². The summed E-state index contributed by atoms with van der Waals surface area (Å²) in [5.41, 5.74) is 0.884. The van der Waals surface area contributed by atoms with Crippen molar-refractivity contribution in [3.05, 3.63) is 34.9 Å². The van der Waals surface area contributed by atoms with E-state index in [0.717, 1.165) is 12.0 Å². The summed E-state index contributed by atoms with van der Waals surface area (Å²) in [6.07, 6.45) is 1.14. The van der Waals surface area contributed by atoms with Crippen LogP contribution < -0.4 is 5.32 Å². The summed E-state index contributed by atoms with van der Waals surface area (Å²) < 4.78 is 13.1. The molecule has 0 aromatic heterocycles. The number of halogens is 2.